The Balaban J connectivity index is 1.40. The van der Waals surface area contributed by atoms with Crippen LogP contribution in [-0.2, 0) is 6.61 Å². The second kappa shape index (κ2) is 11.5. The van der Waals surface area contributed by atoms with E-state index in [9.17, 15) is 4.79 Å². The molecule has 4 aromatic rings. The number of fused-ring (bicyclic) bond motifs is 1. The molecule has 2 aromatic heterocycles. The number of hydrogen-bond acceptors (Lipinski definition) is 5. The third kappa shape index (κ3) is 6.79. The van der Waals surface area contributed by atoms with Gasteiger partial charge in [-0.1, -0.05) is 57.0 Å². The highest BCUT2D eigenvalue weighted by Gasteiger charge is 2.14. The van der Waals surface area contributed by atoms with E-state index in [4.69, 9.17) is 4.74 Å². The summed E-state index contributed by atoms with van der Waals surface area (Å²) in [6, 6.07) is 19.4. The average molecular weight is 473 g/mol. The van der Waals surface area contributed by atoms with Gasteiger partial charge in [0, 0.05) is 17.8 Å². The molecule has 0 fully saturated rings. The number of nitrogens with zero attached hydrogens (tertiary/aromatic N) is 4. The summed E-state index contributed by atoms with van der Waals surface area (Å²) in [4.78, 5) is 21.1. The molecular weight excluding hydrogens is 440 g/mol. The van der Waals surface area contributed by atoms with E-state index in [2.05, 4.69) is 39.5 Å². The lowest BCUT2D eigenvalue weighted by Crippen LogP contribution is -2.36. The van der Waals surface area contributed by atoms with E-state index in [1.54, 1.807) is 10.7 Å². The maximum atomic E-state index is 12.4. The second-order valence-corrected chi connectivity index (χ2v) is 9.10. The quantitative estimate of drug-likeness (QED) is 0.308. The van der Waals surface area contributed by atoms with Crippen LogP contribution < -0.4 is 15.4 Å². The fourth-order valence-electron chi connectivity index (χ4n) is 3.79. The van der Waals surface area contributed by atoms with Crippen molar-refractivity contribution in [2.45, 2.75) is 52.7 Å². The van der Waals surface area contributed by atoms with Gasteiger partial charge in [-0.2, -0.15) is 9.50 Å². The monoisotopic (exact) mass is 472 g/mol. The van der Waals surface area contributed by atoms with Gasteiger partial charge in [-0.15, -0.1) is 5.10 Å². The summed E-state index contributed by atoms with van der Waals surface area (Å²) < 4.78 is 7.51. The molecule has 2 N–H and O–H groups in total. The molecule has 2 aromatic carbocycles. The molecule has 0 saturated heterocycles. The van der Waals surface area contributed by atoms with E-state index in [0.717, 1.165) is 41.8 Å². The topological polar surface area (TPSA) is 93.4 Å². The number of carbonyl (C=O) groups is 1. The van der Waals surface area contributed by atoms with Crippen molar-refractivity contribution in [3.8, 4) is 17.0 Å². The number of amides is 2. The van der Waals surface area contributed by atoms with Crippen LogP contribution in [0.4, 0.5) is 10.7 Å². The first-order chi connectivity index (χ1) is 17.0. The summed E-state index contributed by atoms with van der Waals surface area (Å²) in [5, 5.41) is 10.1. The summed E-state index contributed by atoms with van der Waals surface area (Å²) in [5.74, 6) is 2.06. The van der Waals surface area contributed by atoms with Gasteiger partial charge in [-0.25, -0.2) is 9.78 Å². The Labute approximate surface area is 205 Å². The Morgan fingerprint density at radius 3 is 2.51 bits per heavy atom. The van der Waals surface area contributed by atoms with Crippen molar-refractivity contribution in [3.63, 3.8) is 0 Å². The van der Waals surface area contributed by atoms with Crippen molar-refractivity contribution < 1.29 is 9.53 Å². The zero-order valence-corrected chi connectivity index (χ0v) is 20.4. The number of aromatic nitrogens is 4. The normalized spacial score (nSPS) is 12.0. The molecule has 0 unspecified atom stereocenters. The molecule has 4 rings (SSSR count). The molecule has 0 bridgehead atoms. The fraction of sp³-hybridized carbons (Fsp3) is 0.333. The van der Waals surface area contributed by atoms with Gasteiger partial charge in [0.25, 0.3) is 11.7 Å². The molecule has 2 amide bonds. The van der Waals surface area contributed by atoms with Crippen molar-refractivity contribution in [1.82, 2.24) is 24.9 Å². The number of ether oxygens (including phenoxy) is 1. The summed E-state index contributed by atoms with van der Waals surface area (Å²) in [6.07, 6.45) is 4.84. The van der Waals surface area contributed by atoms with Gasteiger partial charge >= 0.3 is 6.03 Å². The lowest BCUT2D eigenvalue weighted by molar-refractivity contribution is 0.248. The number of rotatable bonds is 10. The smallest absolute Gasteiger partial charge is 0.321 e. The summed E-state index contributed by atoms with van der Waals surface area (Å²) in [7, 11) is 0. The molecule has 2 heterocycles. The number of nitrogens with one attached hydrogen (secondary N) is 2. The zero-order chi connectivity index (χ0) is 24.6. The van der Waals surface area contributed by atoms with E-state index < -0.39 is 0 Å². The Bertz CT molecular complexity index is 1240. The number of anilines is 1. The highest BCUT2D eigenvalue weighted by molar-refractivity contribution is 5.87. The van der Waals surface area contributed by atoms with Crippen molar-refractivity contribution in [3.05, 3.63) is 72.4 Å². The van der Waals surface area contributed by atoms with Gasteiger partial charge < -0.3 is 10.1 Å². The number of benzene rings is 2. The average Bonchev–Trinajstić information content (AvgIpc) is 3.25. The predicted molar refractivity (Wildman–Crippen MR) is 137 cm³/mol. The number of urea groups is 1. The largest absolute Gasteiger partial charge is 0.489 e. The van der Waals surface area contributed by atoms with Crippen LogP contribution in [0.3, 0.4) is 0 Å². The van der Waals surface area contributed by atoms with Crippen LogP contribution in [0, 0.1) is 5.92 Å². The maximum Gasteiger partial charge on any atom is 0.321 e. The first kappa shape index (κ1) is 24.2. The molecule has 0 spiro atoms. The Morgan fingerprint density at radius 1 is 1.00 bits per heavy atom. The van der Waals surface area contributed by atoms with Gasteiger partial charge in [0.15, 0.2) is 0 Å². The van der Waals surface area contributed by atoms with Crippen LogP contribution in [0.2, 0.25) is 0 Å². The van der Waals surface area contributed by atoms with Crippen LogP contribution in [0.15, 0.2) is 66.9 Å². The van der Waals surface area contributed by atoms with E-state index in [1.807, 2.05) is 67.6 Å². The molecule has 35 heavy (non-hydrogen) atoms. The first-order valence-electron chi connectivity index (χ1n) is 12.0. The van der Waals surface area contributed by atoms with Gasteiger partial charge in [0.1, 0.15) is 12.4 Å². The van der Waals surface area contributed by atoms with Gasteiger partial charge in [0.05, 0.1) is 5.69 Å². The van der Waals surface area contributed by atoms with Crippen LogP contribution in [-0.4, -0.2) is 31.7 Å². The third-order valence-electron chi connectivity index (χ3n) is 5.66. The molecule has 0 radical (unpaired) electrons. The molecule has 182 valence electrons. The van der Waals surface area contributed by atoms with Crippen LogP contribution in [0.5, 0.6) is 5.75 Å². The van der Waals surface area contributed by atoms with E-state index >= 15 is 0 Å². The highest BCUT2D eigenvalue weighted by Crippen LogP contribution is 2.23. The minimum Gasteiger partial charge on any atom is -0.489 e. The Morgan fingerprint density at radius 2 is 1.77 bits per heavy atom. The summed E-state index contributed by atoms with van der Waals surface area (Å²) in [5.41, 5.74) is 2.86. The minimum absolute atomic E-state index is 0.0714. The van der Waals surface area contributed by atoms with Crippen molar-refractivity contribution in [2.75, 3.05) is 5.32 Å². The Kier molecular flexibility index (Phi) is 7.92. The van der Waals surface area contributed by atoms with Crippen molar-refractivity contribution >= 4 is 17.8 Å². The molecule has 1 atom stereocenters. The number of hydrogen-bond donors (Lipinski definition) is 2. The van der Waals surface area contributed by atoms with Crippen molar-refractivity contribution in [2.24, 2.45) is 5.92 Å². The molecular formula is C27H32N6O2. The highest BCUT2D eigenvalue weighted by atomic mass is 16.5. The summed E-state index contributed by atoms with van der Waals surface area (Å²) >= 11 is 0. The molecule has 0 saturated carbocycles. The van der Waals surface area contributed by atoms with Gasteiger partial charge in [0.2, 0.25) is 0 Å². The second-order valence-electron chi connectivity index (χ2n) is 9.10. The first-order valence-corrected chi connectivity index (χ1v) is 12.0. The standard InChI is InChI=1S/C27H32N6O2/c1-19(2)8-7-9-20(3)29-27(34)31-25-30-26-28-17-16-24(33(26)32-25)22-12-14-23(15-13-22)35-18-21-10-5-4-6-11-21/h4-6,10-17,19-20H,7-9,18H2,1-3H3,(H2,29,31,32,34)/t20-/m0/s1. The molecule has 0 aliphatic heterocycles. The maximum absolute atomic E-state index is 12.4. The van der Waals surface area contributed by atoms with E-state index in [-0.39, 0.29) is 18.0 Å². The molecule has 8 heteroatoms. The molecule has 0 aliphatic carbocycles. The Hall–Kier alpha value is -3.94. The van der Waals surface area contributed by atoms with Gasteiger partial charge in [-0.05, 0) is 55.2 Å². The van der Waals surface area contributed by atoms with Crippen LogP contribution >= 0.6 is 0 Å². The SMILES string of the molecule is CC(C)CCC[C@H](C)NC(=O)Nc1nc2nccc(-c3ccc(OCc4ccccc4)cc3)n2n1. The third-order valence-corrected chi connectivity index (χ3v) is 5.66. The summed E-state index contributed by atoms with van der Waals surface area (Å²) in [6.45, 7) is 6.92. The van der Waals surface area contributed by atoms with E-state index in [1.165, 1.54) is 0 Å². The number of carbonyl (C=O) groups excluding carboxylic acids is 1. The molecule has 8 nitrogen and oxygen atoms in total. The predicted octanol–water partition coefficient (Wildman–Crippen LogP) is 5.71. The van der Waals surface area contributed by atoms with Crippen LogP contribution in [0.1, 0.15) is 45.6 Å². The van der Waals surface area contributed by atoms with Crippen LogP contribution in [0.25, 0.3) is 17.0 Å². The molecule has 0 aliphatic rings. The van der Waals surface area contributed by atoms with E-state index in [0.29, 0.717) is 18.3 Å². The minimum atomic E-state index is -0.320. The van der Waals surface area contributed by atoms with Gasteiger partial charge in [-0.3, -0.25) is 5.32 Å². The lowest BCUT2D eigenvalue weighted by atomic mass is 10.0. The fourth-order valence-corrected chi connectivity index (χ4v) is 3.79. The zero-order valence-electron chi connectivity index (χ0n) is 20.4. The van der Waals surface area contributed by atoms with Crippen molar-refractivity contribution in [1.29, 1.82) is 0 Å². The lowest BCUT2D eigenvalue weighted by Gasteiger charge is -2.14.